The maximum Gasteiger partial charge on any atom is 0.244 e. The van der Waals surface area contributed by atoms with E-state index in [4.69, 9.17) is 0 Å². The lowest BCUT2D eigenvalue weighted by atomic mass is 10.2. The normalized spacial score (nSPS) is 14.6. The molecule has 6 nitrogen and oxygen atoms in total. The summed E-state index contributed by atoms with van der Waals surface area (Å²) in [4.78, 5) is 30.4. The van der Waals surface area contributed by atoms with Crippen LogP contribution in [0.15, 0.2) is 48.5 Å². The molecular formula is C21H25FN4O2. The lowest BCUT2D eigenvalue weighted by Crippen LogP contribution is -2.44. The van der Waals surface area contributed by atoms with Gasteiger partial charge in [0.2, 0.25) is 11.8 Å². The van der Waals surface area contributed by atoms with Gasteiger partial charge in [-0.3, -0.25) is 9.59 Å². The number of halogens is 1. The van der Waals surface area contributed by atoms with Crippen LogP contribution in [0.25, 0.3) is 0 Å². The van der Waals surface area contributed by atoms with E-state index in [2.05, 4.69) is 22.2 Å². The summed E-state index contributed by atoms with van der Waals surface area (Å²) in [6, 6.07) is 13.3. The maximum absolute atomic E-state index is 13.3. The number of carbonyl (C=O) groups excluding carboxylic acids is 2. The predicted molar refractivity (Wildman–Crippen MR) is 109 cm³/mol. The number of rotatable bonds is 5. The minimum Gasteiger partial charge on any atom is -0.369 e. The molecule has 0 unspecified atom stereocenters. The van der Waals surface area contributed by atoms with E-state index in [0.29, 0.717) is 11.4 Å². The average Bonchev–Trinajstić information content (AvgIpc) is 2.67. The topological polar surface area (TPSA) is 55.9 Å². The van der Waals surface area contributed by atoms with Crippen molar-refractivity contribution in [3.8, 4) is 0 Å². The van der Waals surface area contributed by atoms with Crippen molar-refractivity contribution in [2.24, 2.45) is 0 Å². The highest BCUT2D eigenvalue weighted by atomic mass is 19.1. The summed E-state index contributed by atoms with van der Waals surface area (Å²) >= 11 is 0. The molecule has 2 aromatic rings. The monoisotopic (exact) mass is 384 g/mol. The van der Waals surface area contributed by atoms with Gasteiger partial charge in [-0.2, -0.15) is 0 Å². The molecule has 7 heteroatoms. The fourth-order valence-corrected chi connectivity index (χ4v) is 3.20. The summed E-state index contributed by atoms with van der Waals surface area (Å²) in [5, 5.41) is 2.62. The van der Waals surface area contributed by atoms with Crippen LogP contribution in [0, 0.1) is 5.82 Å². The fraction of sp³-hybridized carbons (Fsp3) is 0.333. The number of nitrogens with one attached hydrogen (secondary N) is 1. The third-order valence-electron chi connectivity index (χ3n) is 4.82. The molecule has 0 bridgehead atoms. The van der Waals surface area contributed by atoms with Crippen molar-refractivity contribution in [3.05, 3.63) is 54.3 Å². The highest BCUT2D eigenvalue weighted by molar-refractivity contribution is 6.01. The molecule has 0 aliphatic carbocycles. The summed E-state index contributed by atoms with van der Waals surface area (Å²) in [7, 11) is 2.11. The number of carbonyl (C=O) groups is 2. The first-order valence-corrected chi connectivity index (χ1v) is 9.29. The van der Waals surface area contributed by atoms with Gasteiger partial charge in [0.15, 0.2) is 0 Å². The number of benzene rings is 2. The molecule has 2 amide bonds. The molecule has 1 heterocycles. The van der Waals surface area contributed by atoms with Gasteiger partial charge in [0.25, 0.3) is 0 Å². The van der Waals surface area contributed by atoms with E-state index in [0.717, 1.165) is 31.9 Å². The zero-order valence-corrected chi connectivity index (χ0v) is 16.2. The van der Waals surface area contributed by atoms with Gasteiger partial charge in [-0.1, -0.05) is 6.07 Å². The lowest BCUT2D eigenvalue weighted by molar-refractivity contribution is -0.120. The number of amides is 2. The van der Waals surface area contributed by atoms with Crippen LogP contribution < -0.4 is 15.1 Å². The summed E-state index contributed by atoms with van der Waals surface area (Å²) in [6.45, 7) is 5.23. The minimum absolute atomic E-state index is 0.139. The summed E-state index contributed by atoms with van der Waals surface area (Å²) in [5.41, 5.74) is 2.11. The average molecular weight is 384 g/mol. The van der Waals surface area contributed by atoms with E-state index >= 15 is 0 Å². The Morgan fingerprint density at radius 3 is 2.36 bits per heavy atom. The Morgan fingerprint density at radius 2 is 1.75 bits per heavy atom. The summed E-state index contributed by atoms with van der Waals surface area (Å²) in [6.07, 6.45) is 0. The molecule has 0 spiro atoms. The molecule has 1 aliphatic rings. The third-order valence-corrected chi connectivity index (χ3v) is 4.82. The molecule has 28 heavy (non-hydrogen) atoms. The number of hydrogen-bond acceptors (Lipinski definition) is 4. The number of piperazine rings is 1. The zero-order chi connectivity index (χ0) is 20.1. The van der Waals surface area contributed by atoms with Crippen molar-refractivity contribution in [3.63, 3.8) is 0 Å². The molecular weight excluding hydrogens is 359 g/mol. The van der Waals surface area contributed by atoms with Crippen LogP contribution in [0.5, 0.6) is 0 Å². The van der Waals surface area contributed by atoms with Crippen LogP contribution in [0.1, 0.15) is 6.92 Å². The zero-order valence-electron chi connectivity index (χ0n) is 16.2. The molecule has 148 valence electrons. The van der Waals surface area contributed by atoms with Gasteiger partial charge in [0, 0.05) is 50.2 Å². The molecule has 3 rings (SSSR count). The Kier molecular flexibility index (Phi) is 6.26. The van der Waals surface area contributed by atoms with Crippen LogP contribution >= 0.6 is 0 Å². The van der Waals surface area contributed by atoms with Gasteiger partial charge in [0.05, 0.1) is 0 Å². The van der Waals surface area contributed by atoms with Crippen LogP contribution in [-0.2, 0) is 9.59 Å². The van der Waals surface area contributed by atoms with Crippen LogP contribution in [-0.4, -0.2) is 56.5 Å². The molecule has 1 N–H and O–H groups in total. The Balaban J connectivity index is 1.66. The van der Waals surface area contributed by atoms with E-state index < -0.39 is 5.82 Å². The number of nitrogens with zero attached hydrogens (tertiary/aromatic N) is 3. The van der Waals surface area contributed by atoms with Gasteiger partial charge in [0.1, 0.15) is 12.4 Å². The predicted octanol–water partition coefficient (Wildman–Crippen LogP) is 2.57. The van der Waals surface area contributed by atoms with Gasteiger partial charge in [-0.25, -0.2) is 4.39 Å². The molecule has 2 aromatic carbocycles. The Hall–Kier alpha value is -2.93. The van der Waals surface area contributed by atoms with Crippen LogP contribution in [0.3, 0.4) is 0 Å². The molecule has 0 saturated carbocycles. The first kappa shape index (κ1) is 19.8. The van der Waals surface area contributed by atoms with Crippen molar-refractivity contribution in [2.45, 2.75) is 6.92 Å². The molecule has 1 saturated heterocycles. The van der Waals surface area contributed by atoms with E-state index in [1.54, 1.807) is 6.07 Å². The van der Waals surface area contributed by atoms with E-state index in [-0.39, 0.29) is 18.4 Å². The second-order valence-corrected chi connectivity index (χ2v) is 6.97. The molecule has 0 atom stereocenters. The van der Waals surface area contributed by atoms with Crippen molar-refractivity contribution in [2.75, 3.05) is 54.9 Å². The molecule has 1 aliphatic heterocycles. The van der Waals surface area contributed by atoms with Gasteiger partial charge in [-0.05, 0) is 49.5 Å². The van der Waals surface area contributed by atoms with Gasteiger partial charge < -0.3 is 20.0 Å². The smallest absolute Gasteiger partial charge is 0.244 e. The van der Waals surface area contributed by atoms with Crippen molar-refractivity contribution in [1.29, 1.82) is 0 Å². The Labute approximate surface area is 164 Å². The van der Waals surface area contributed by atoms with Crippen molar-refractivity contribution < 1.29 is 14.0 Å². The number of hydrogen-bond donors (Lipinski definition) is 1. The molecule has 0 aromatic heterocycles. The van der Waals surface area contributed by atoms with Crippen LogP contribution in [0.2, 0.25) is 0 Å². The summed E-state index contributed by atoms with van der Waals surface area (Å²) in [5.74, 6) is -1.05. The Morgan fingerprint density at radius 1 is 1.07 bits per heavy atom. The van der Waals surface area contributed by atoms with E-state index in [1.165, 1.54) is 30.0 Å². The van der Waals surface area contributed by atoms with E-state index in [9.17, 15) is 14.0 Å². The lowest BCUT2D eigenvalue weighted by Gasteiger charge is -2.34. The van der Waals surface area contributed by atoms with Crippen molar-refractivity contribution >= 4 is 28.9 Å². The van der Waals surface area contributed by atoms with E-state index in [1.807, 2.05) is 24.3 Å². The molecule has 1 fully saturated rings. The first-order valence-electron chi connectivity index (χ1n) is 9.29. The van der Waals surface area contributed by atoms with Crippen molar-refractivity contribution in [1.82, 2.24) is 4.90 Å². The number of likely N-dealkylation sites (N-methyl/N-ethyl adjacent to an activating group) is 1. The highest BCUT2D eigenvalue weighted by Crippen LogP contribution is 2.22. The standard InChI is InChI=1S/C21H25FN4O2/c1-16(27)26(15-21(28)23-18-5-3-4-17(22)14-18)20-8-6-19(7-9-20)25-12-10-24(2)11-13-25/h3-9,14H,10-13,15H2,1-2H3,(H,23,28). The highest BCUT2D eigenvalue weighted by Gasteiger charge is 2.18. The second kappa shape index (κ2) is 8.84. The van der Waals surface area contributed by atoms with Crippen LogP contribution in [0.4, 0.5) is 21.5 Å². The van der Waals surface area contributed by atoms with Gasteiger partial charge in [-0.15, -0.1) is 0 Å². The SMILES string of the molecule is CC(=O)N(CC(=O)Nc1cccc(F)c1)c1ccc(N2CCN(C)CC2)cc1. The largest absolute Gasteiger partial charge is 0.369 e. The molecule has 0 radical (unpaired) electrons. The second-order valence-electron chi connectivity index (χ2n) is 6.97. The Bertz CT molecular complexity index is 833. The van der Waals surface area contributed by atoms with Gasteiger partial charge >= 0.3 is 0 Å². The third kappa shape index (κ3) is 5.07. The first-order chi connectivity index (χ1) is 13.4. The quantitative estimate of drug-likeness (QED) is 0.861. The number of anilines is 3. The maximum atomic E-state index is 13.3. The summed E-state index contributed by atoms with van der Waals surface area (Å²) < 4.78 is 13.3. The minimum atomic E-state index is -0.430. The fourth-order valence-electron chi connectivity index (χ4n) is 3.20.